The zero-order valence-corrected chi connectivity index (χ0v) is 13.6. The normalized spacial score (nSPS) is 20.9. The highest BCUT2D eigenvalue weighted by molar-refractivity contribution is 5.78. The Bertz CT molecular complexity index is 284. The fourth-order valence-electron chi connectivity index (χ4n) is 2.75. The molecule has 1 aliphatic heterocycles. The largest absolute Gasteiger partial charge is 0.354 e. The molecule has 0 radical (unpaired) electrons. The lowest BCUT2D eigenvalue weighted by Crippen LogP contribution is -2.54. The Balaban J connectivity index is 2.49. The Morgan fingerprint density at radius 3 is 2.30 bits per heavy atom. The van der Waals surface area contributed by atoms with E-state index in [4.69, 9.17) is 5.73 Å². The minimum absolute atomic E-state index is 0.0460. The van der Waals surface area contributed by atoms with Crippen molar-refractivity contribution in [1.29, 1.82) is 0 Å². The molecule has 1 heterocycles. The first-order valence-electron chi connectivity index (χ1n) is 7.89. The van der Waals surface area contributed by atoms with Gasteiger partial charge in [0.1, 0.15) is 0 Å². The lowest BCUT2D eigenvalue weighted by atomic mass is 10.0. The first kappa shape index (κ1) is 17.4. The summed E-state index contributed by atoms with van der Waals surface area (Å²) >= 11 is 0. The molecule has 5 nitrogen and oxygen atoms in total. The highest BCUT2D eigenvalue weighted by atomic mass is 16.1. The van der Waals surface area contributed by atoms with Gasteiger partial charge in [-0.1, -0.05) is 20.8 Å². The summed E-state index contributed by atoms with van der Waals surface area (Å²) in [7, 11) is 2.16. The number of hydrogen-bond acceptors (Lipinski definition) is 4. The van der Waals surface area contributed by atoms with Gasteiger partial charge in [0.05, 0.1) is 0 Å². The monoisotopic (exact) mass is 284 g/mol. The number of carbonyl (C=O) groups excluding carboxylic acids is 1. The van der Waals surface area contributed by atoms with E-state index in [1.807, 2.05) is 6.92 Å². The van der Waals surface area contributed by atoms with E-state index in [1.165, 1.54) is 0 Å². The number of amides is 1. The molecule has 2 unspecified atom stereocenters. The lowest BCUT2D eigenvalue weighted by molar-refractivity contribution is -0.125. The molecule has 0 saturated carbocycles. The summed E-state index contributed by atoms with van der Waals surface area (Å²) in [6, 6.07) is 0.419. The van der Waals surface area contributed by atoms with E-state index in [0.717, 1.165) is 39.1 Å². The molecule has 0 spiro atoms. The highest BCUT2D eigenvalue weighted by Crippen LogP contribution is 2.13. The number of nitrogens with zero attached hydrogens (tertiary/aromatic N) is 2. The van der Waals surface area contributed by atoms with Gasteiger partial charge in [0, 0.05) is 51.2 Å². The van der Waals surface area contributed by atoms with Gasteiger partial charge >= 0.3 is 0 Å². The molecule has 0 aromatic carbocycles. The summed E-state index contributed by atoms with van der Waals surface area (Å²) in [5.41, 5.74) is 5.63. The minimum atomic E-state index is -0.0460. The molecule has 1 saturated heterocycles. The molecular weight excluding hydrogens is 252 g/mol. The maximum atomic E-state index is 12.0. The van der Waals surface area contributed by atoms with Crippen LogP contribution in [0.1, 0.15) is 27.2 Å². The van der Waals surface area contributed by atoms with E-state index in [2.05, 4.69) is 36.0 Å². The molecule has 5 heteroatoms. The van der Waals surface area contributed by atoms with Crippen molar-refractivity contribution in [3.63, 3.8) is 0 Å². The fourth-order valence-corrected chi connectivity index (χ4v) is 2.75. The van der Waals surface area contributed by atoms with Crippen LogP contribution in [0.2, 0.25) is 0 Å². The van der Waals surface area contributed by atoms with Crippen LogP contribution < -0.4 is 11.1 Å². The van der Waals surface area contributed by atoms with Gasteiger partial charge < -0.3 is 16.0 Å². The van der Waals surface area contributed by atoms with Gasteiger partial charge in [-0.25, -0.2) is 0 Å². The van der Waals surface area contributed by atoms with Gasteiger partial charge in [0.2, 0.25) is 5.91 Å². The Hall–Kier alpha value is -0.650. The van der Waals surface area contributed by atoms with E-state index >= 15 is 0 Å². The average molecular weight is 284 g/mol. The Morgan fingerprint density at radius 1 is 1.25 bits per heavy atom. The molecule has 1 fully saturated rings. The molecule has 20 heavy (non-hydrogen) atoms. The number of rotatable bonds is 7. The number of hydrogen-bond donors (Lipinski definition) is 2. The molecule has 2 atom stereocenters. The van der Waals surface area contributed by atoms with E-state index in [1.54, 1.807) is 0 Å². The molecule has 0 bridgehead atoms. The van der Waals surface area contributed by atoms with E-state index in [-0.39, 0.29) is 11.8 Å². The van der Waals surface area contributed by atoms with Crippen molar-refractivity contribution in [3.05, 3.63) is 0 Å². The predicted octanol–water partition coefficient (Wildman–Crippen LogP) is 0.360. The Kier molecular flexibility index (Phi) is 7.48. The van der Waals surface area contributed by atoms with Crippen LogP contribution in [0, 0.1) is 11.8 Å². The lowest BCUT2D eigenvalue weighted by Gasteiger charge is -2.40. The fraction of sp³-hybridized carbons (Fsp3) is 0.933. The quantitative estimate of drug-likeness (QED) is 0.709. The standard InChI is InChI=1S/C15H32N4O/c1-5-13(10-16)15(20)17-11-14(12(2)3)19-8-6-18(4)7-9-19/h12-14H,5-11,16H2,1-4H3,(H,17,20). The topological polar surface area (TPSA) is 61.6 Å². The molecular formula is C15H32N4O. The van der Waals surface area contributed by atoms with Crippen LogP contribution in [-0.2, 0) is 4.79 Å². The van der Waals surface area contributed by atoms with Gasteiger partial charge in [-0.2, -0.15) is 0 Å². The number of piperazine rings is 1. The van der Waals surface area contributed by atoms with Gasteiger partial charge in [0.25, 0.3) is 0 Å². The molecule has 0 aromatic rings. The van der Waals surface area contributed by atoms with Crippen molar-refractivity contribution >= 4 is 5.91 Å². The molecule has 1 aliphatic rings. The van der Waals surface area contributed by atoms with Crippen LogP contribution in [0.4, 0.5) is 0 Å². The van der Waals surface area contributed by atoms with Gasteiger partial charge in [-0.05, 0) is 19.4 Å². The third-order valence-electron chi connectivity index (χ3n) is 4.41. The number of carbonyl (C=O) groups is 1. The maximum Gasteiger partial charge on any atom is 0.224 e. The number of nitrogens with two attached hydrogens (primary N) is 1. The summed E-state index contributed by atoms with van der Waals surface area (Å²) in [4.78, 5) is 16.9. The second-order valence-electron chi connectivity index (χ2n) is 6.24. The highest BCUT2D eigenvalue weighted by Gasteiger charge is 2.26. The zero-order chi connectivity index (χ0) is 15.1. The van der Waals surface area contributed by atoms with Crippen molar-refractivity contribution in [2.45, 2.75) is 33.2 Å². The average Bonchev–Trinajstić information content (AvgIpc) is 2.42. The maximum absolute atomic E-state index is 12.0. The second kappa shape index (κ2) is 8.60. The van der Waals surface area contributed by atoms with Crippen molar-refractivity contribution in [2.75, 3.05) is 46.3 Å². The summed E-state index contributed by atoms with van der Waals surface area (Å²) in [6.07, 6.45) is 0.809. The molecule has 1 amide bonds. The number of nitrogens with one attached hydrogen (secondary N) is 1. The second-order valence-corrected chi connectivity index (χ2v) is 6.24. The van der Waals surface area contributed by atoms with Crippen LogP contribution in [0.5, 0.6) is 0 Å². The van der Waals surface area contributed by atoms with Gasteiger partial charge in [0.15, 0.2) is 0 Å². The van der Waals surface area contributed by atoms with E-state index < -0.39 is 0 Å². The van der Waals surface area contributed by atoms with Crippen LogP contribution in [0.25, 0.3) is 0 Å². The van der Waals surface area contributed by atoms with Gasteiger partial charge in [-0.15, -0.1) is 0 Å². The third-order valence-corrected chi connectivity index (χ3v) is 4.41. The predicted molar refractivity (Wildman–Crippen MR) is 83.5 cm³/mol. The SMILES string of the molecule is CCC(CN)C(=O)NCC(C(C)C)N1CCN(C)CC1. The third kappa shape index (κ3) is 5.04. The van der Waals surface area contributed by atoms with E-state index in [9.17, 15) is 4.79 Å². The van der Waals surface area contributed by atoms with Gasteiger partial charge in [-0.3, -0.25) is 9.69 Å². The van der Waals surface area contributed by atoms with Crippen LogP contribution in [0.3, 0.4) is 0 Å². The summed E-state index contributed by atoms with van der Waals surface area (Å²) in [5.74, 6) is 0.599. The summed E-state index contributed by atoms with van der Waals surface area (Å²) < 4.78 is 0. The molecule has 0 aromatic heterocycles. The Morgan fingerprint density at radius 2 is 1.85 bits per heavy atom. The van der Waals surface area contributed by atoms with Crippen LogP contribution >= 0.6 is 0 Å². The summed E-state index contributed by atoms with van der Waals surface area (Å²) in [6.45, 7) is 12.0. The van der Waals surface area contributed by atoms with Crippen molar-refractivity contribution in [3.8, 4) is 0 Å². The smallest absolute Gasteiger partial charge is 0.224 e. The Labute approximate surface area is 123 Å². The zero-order valence-electron chi connectivity index (χ0n) is 13.6. The first-order valence-corrected chi connectivity index (χ1v) is 7.89. The molecule has 0 aliphatic carbocycles. The van der Waals surface area contributed by atoms with Crippen LogP contribution in [-0.4, -0.2) is 68.1 Å². The molecule has 118 valence electrons. The van der Waals surface area contributed by atoms with Crippen molar-refractivity contribution in [2.24, 2.45) is 17.6 Å². The van der Waals surface area contributed by atoms with Crippen molar-refractivity contribution in [1.82, 2.24) is 15.1 Å². The summed E-state index contributed by atoms with van der Waals surface area (Å²) in [5, 5.41) is 3.10. The minimum Gasteiger partial charge on any atom is -0.354 e. The van der Waals surface area contributed by atoms with Crippen molar-refractivity contribution < 1.29 is 4.79 Å². The first-order chi connectivity index (χ1) is 9.49. The molecule has 3 N–H and O–H groups in total. The number of likely N-dealkylation sites (N-methyl/N-ethyl adjacent to an activating group) is 1. The van der Waals surface area contributed by atoms with Crippen LogP contribution in [0.15, 0.2) is 0 Å². The molecule has 1 rings (SSSR count). The van der Waals surface area contributed by atoms with E-state index in [0.29, 0.717) is 18.5 Å².